The summed E-state index contributed by atoms with van der Waals surface area (Å²) in [6.07, 6.45) is 2.04. The second-order valence-electron chi connectivity index (χ2n) is 4.13. The number of ether oxygens (including phenoxy) is 1. The van der Waals surface area contributed by atoms with Crippen LogP contribution in [0.3, 0.4) is 0 Å². The Morgan fingerprint density at radius 1 is 1.32 bits per heavy atom. The van der Waals surface area contributed by atoms with Crippen molar-refractivity contribution in [2.24, 2.45) is 11.7 Å². The molecule has 7 nitrogen and oxygen atoms in total. The summed E-state index contributed by atoms with van der Waals surface area (Å²) < 4.78 is 25.4. The predicted octanol–water partition coefficient (Wildman–Crippen LogP) is 1.45. The van der Waals surface area contributed by atoms with Crippen LogP contribution < -0.4 is 5.73 Å². The Bertz CT molecular complexity index is 299. The largest absolute Gasteiger partial charge is 0.472 e. The van der Waals surface area contributed by atoms with Gasteiger partial charge in [0.15, 0.2) is 0 Å². The van der Waals surface area contributed by atoms with Gasteiger partial charge in [0.1, 0.15) is 0 Å². The third-order valence-corrected chi connectivity index (χ3v) is 3.30. The zero-order valence-corrected chi connectivity index (χ0v) is 12.4. The van der Waals surface area contributed by atoms with Gasteiger partial charge in [0, 0.05) is 13.0 Å². The Hall–Kier alpha value is -0.460. The smallest absolute Gasteiger partial charge is 0.465 e. The number of phosphoric ester groups is 1. The van der Waals surface area contributed by atoms with Gasteiger partial charge in [0.25, 0.3) is 0 Å². The Morgan fingerprint density at radius 3 is 2.53 bits per heavy atom. The molecular formula is C11H24NO6P. The number of hydrogen-bond donors (Lipinski definition) is 2. The molecule has 0 radical (unpaired) electrons. The molecule has 0 amide bonds. The van der Waals surface area contributed by atoms with Crippen LogP contribution in [0.5, 0.6) is 0 Å². The van der Waals surface area contributed by atoms with E-state index in [1.807, 2.05) is 13.8 Å². The summed E-state index contributed by atoms with van der Waals surface area (Å²) in [6, 6.07) is 0. The van der Waals surface area contributed by atoms with Gasteiger partial charge in [-0.15, -0.1) is 0 Å². The lowest BCUT2D eigenvalue weighted by Crippen LogP contribution is -2.16. The number of hydrogen-bond acceptors (Lipinski definition) is 6. The third kappa shape index (κ3) is 10.0. The molecule has 8 heteroatoms. The quantitative estimate of drug-likeness (QED) is 0.337. The summed E-state index contributed by atoms with van der Waals surface area (Å²) in [5, 5.41) is 0. The van der Waals surface area contributed by atoms with Crippen LogP contribution >= 0.6 is 7.82 Å². The molecule has 0 saturated carbocycles. The zero-order valence-electron chi connectivity index (χ0n) is 11.5. The van der Waals surface area contributed by atoms with E-state index in [1.54, 1.807) is 0 Å². The Balaban J connectivity index is 3.64. The van der Waals surface area contributed by atoms with Crippen molar-refractivity contribution in [3.8, 4) is 0 Å². The van der Waals surface area contributed by atoms with E-state index in [2.05, 4.69) is 9.05 Å². The van der Waals surface area contributed by atoms with Gasteiger partial charge in [0.2, 0.25) is 0 Å². The first-order valence-corrected chi connectivity index (χ1v) is 7.91. The second-order valence-corrected chi connectivity index (χ2v) is 5.59. The van der Waals surface area contributed by atoms with Gasteiger partial charge in [-0.1, -0.05) is 20.3 Å². The van der Waals surface area contributed by atoms with Crippen molar-refractivity contribution in [1.82, 2.24) is 0 Å². The molecule has 0 aliphatic rings. The minimum atomic E-state index is -4.02. The number of phosphoric acid groups is 1. The summed E-state index contributed by atoms with van der Waals surface area (Å²) in [5.41, 5.74) is 5.13. The summed E-state index contributed by atoms with van der Waals surface area (Å²) >= 11 is 0. The SMILES string of the molecule is CCCC(C)C(=O)OCCCOP(=O)(O)OCCN. The number of carbonyl (C=O) groups is 1. The van der Waals surface area contributed by atoms with Crippen molar-refractivity contribution in [2.75, 3.05) is 26.4 Å². The topological polar surface area (TPSA) is 108 Å². The maximum atomic E-state index is 11.4. The standard InChI is InChI=1S/C11H24NO6P/c1-3-5-10(2)11(13)16-7-4-8-17-19(14,15)18-9-6-12/h10H,3-9,12H2,1-2H3,(H,14,15). The predicted molar refractivity (Wildman–Crippen MR) is 70.4 cm³/mol. The van der Waals surface area contributed by atoms with Crippen LogP contribution in [0.1, 0.15) is 33.1 Å². The Morgan fingerprint density at radius 2 is 1.95 bits per heavy atom. The molecule has 0 aromatic rings. The van der Waals surface area contributed by atoms with E-state index in [0.29, 0.717) is 6.42 Å². The molecule has 0 aliphatic heterocycles. The molecule has 0 bridgehead atoms. The van der Waals surface area contributed by atoms with Crippen molar-refractivity contribution in [3.63, 3.8) is 0 Å². The van der Waals surface area contributed by atoms with Crippen LogP contribution in [0.2, 0.25) is 0 Å². The van der Waals surface area contributed by atoms with Gasteiger partial charge in [-0.2, -0.15) is 0 Å². The Labute approximate surface area is 114 Å². The molecule has 2 atom stereocenters. The zero-order chi connectivity index (χ0) is 14.7. The summed E-state index contributed by atoms with van der Waals surface area (Å²) in [4.78, 5) is 20.6. The molecule has 0 spiro atoms. The van der Waals surface area contributed by atoms with E-state index in [0.717, 1.165) is 12.8 Å². The highest BCUT2D eigenvalue weighted by molar-refractivity contribution is 7.47. The molecule has 0 aromatic carbocycles. The minimum absolute atomic E-state index is 0.0201. The molecule has 0 aliphatic carbocycles. The summed E-state index contributed by atoms with van der Waals surface area (Å²) in [5.74, 6) is -0.379. The van der Waals surface area contributed by atoms with Gasteiger partial charge >= 0.3 is 13.8 Å². The van der Waals surface area contributed by atoms with E-state index in [1.165, 1.54) is 0 Å². The van der Waals surface area contributed by atoms with Gasteiger partial charge < -0.3 is 15.4 Å². The van der Waals surface area contributed by atoms with Crippen molar-refractivity contribution in [3.05, 3.63) is 0 Å². The molecule has 0 rings (SSSR count). The number of carbonyl (C=O) groups excluding carboxylic acids is 1. The number of nitrogens with two attached hydrogens (primary N) is 1. The lowest BCUT2D eigenvalue weighted by Gasteiger charge is -2.12. The van der Waals surface area contributed by atoms with Crippen molar-refractivity contribution in [2.45, 2.75) is 33.1 Å². The maximum absolute atomic E-state index is 11.4. The minimum Gasteiger partial charge on any atom is -0.465 e. The van der Waals surface area contributed by atoms with Crippen molar-refractivity contribution >= 4 is 13.8 Å². The Kier molecular flexibility index (Phi) is 10.1. The van der Waals surface area contributed by atoms with E-state index in [-0.39, 0.29) is 38.3 Å². The summed E-state index contributed by atoms with van der Waals surface area (Å²) in [6.45, 7) is 4.04. The molecular weight excluding hydrogens is 273 g/mol. The molecule has 3 N–H and O–H groups in total. The fourth-order valence-corrected chi connectivity index (χ4v) is 2.08. The highest BCUT2D eigenvalue weighted by Crippen LogP contribution is 2.42. The van der Waals surface area contributed by atoms with Crippen LogP contribution in [-0.4, -0.2) is 37.2 Å². The van der Waals surface area contributed by atoms with Crippen LogP contribution in [-0.2, 0) is 23.1 Å². The van der Waals surface area contributed by atoms with Gasteiger partial charge in [0.05, 0.1) is 25.7 Å². The normalized spacial score (nSPS) is 15.8. The van der Waals surface area contributed by atoms with E-state index < -0.39 is 7.82 Å². The van der Waals surface area contributed by atoms with Gasteiger partial charge in [-0.25, -0.2) is 4.57 Å². The van der Waals surface area contributed by atoms with E-state index in [4.69, 9.17) is 15.4 Å². The second kappa shape index (κ2) is 10.3. The molecule has 19 heavy (non-hydrogen) atoms. The van der Waals surface area contributed by atoms with E-state index >= 15 is 0 Å². The third-order valence-electron chi connectivity index (χ3n) is 2.28. The average Bonchev–Trinajstić information content (AvgIpc) is 2.36. The first-order chi connectivity index (χ1) is 8.93. The monoisotopic (exact) mass is 297 g/mol. The number of esters is 1. The molecule has 0 fully saturated rings. The highest BCUT2D eigenvalue weighted by atomic mass is 31.2. The maximum Gasteiger partial charge on any atom is 0.472 e. The average molecular weight is 297 g/mol. The highest BCUT2D eigenvalue weighted by Gasteiger charge is 2.20. The first-order valence-electron chi connectivity index (χ1n) is 6.41. The van der Waals surface area contributed by atoms with Crippen LogP contribution in [0.15, 0.2) is 0 Å². The molecule has 0 heterocycles. The molecule has 0 aromatic heterocycles. The summed E-state index contributed by atoms with van der Waals surface area (Å²) in [7, 11) is -4.02. The molecule has 0 saturated heterocycles. The lowest BCUT2D eigenvalue weighted by molar-refractivity contribution is -0.148. The van der Waals surface area contributed by atoms with E-state index in [9.17, 15) is 9.36 Å². The fourth-order valence-electron chi connectivity index (χ4n) is 1.31. The van der Waals surface area contributed by atoms with Crippen molar-refractivity contribution in [1.29, 1.82) is 0 Å². The fraction of sp³-hybridized carbons (Fsp3) is 0.909. The van der Waals surface area contributed by atoms with Crippen LogP contribution in [0.25, 0.3) is 0 Å². The van der Waals surface area contributed by atoms with Crippen LogP contribution in [0, 0.1) is 5.92 Å². The van der Waals surface area contributed by atoms with Crippen molar-refractivity contribution < 1.29 is 28.0 Å². The van der Waals surface area contributed by atoms with Crippen LogP contribution in [0.4, 0.5) is 0 Å². The van der Waals surface area contributed by atoms with Gasteiger partial charge in [-0.3, -0.25) is 13.8 Å². The molecule has 114 valence electrons. The number of rotatable bonds is 11. The van der Waals surface area contributed by atoms with Gasteiger partial charge in [-0.05, 0) is 6.42 Å². The molecule has 2 unspecified atom stereocenters. The lowest BCUT2D eigenvalue weighted by atomic mass is 10.1. The first kappa shape index (κ1) is 18.5.